The fraction of sp³-hybridized carbons (Fsp3) is 0.182. The van der Waals surface area contributed by atoms with Crippen LogP contribution in [-0.2, 0) is 13.0 Å². The van der Waals surface area contributed by atoms with Crippen molar-refractivity contribution < 1.29 is 4.92 Å². The van der Waals surface area contributed by atoms with E-state index < -0.39 is 4.92 Å². The Morgan fingerprint density at radius 3 is 2.65 bits per heavy atom. The second-order valence-electron chi connectivity index (χ2n) is 3.63. The van der Waals surface area contributed by atoms with Crippen molar-refractivity contribution in [2.45, 2.75) is 13.0 Å². The van der Waals surface area contributed by atoms with E-state index in [0.717, 1.165) is 12.0 Å². The van der Waals surface area contributed by atoms with E-state index in [1.807, 2.05) is 30.3 Å². The van der Waals surface area contributed by atoms with Crippen LogP contribution in [0.15, 0.2) is 36.5 Å². The SMILES string of the molecule is Nc1c([N+](=O)[O-])cnn1CCc1ccccc1. The van der Waals surface area contributed by atoms with Gasteiger partial charge in [0.15, 0.2) is 0 Å². The molecule has 0 radical (unpaired) electrons. The lowest BCUT2D eigenvalue weighted by atomic mass is 10.1. The number of nitrogens with two attached hydrogens (primary N) is 1. The summed E-state index contributed by atoms with van der Waals surface area (Å²) in [5.74, 6) is 0.103. The van der Waals surface area contributed by atoms with Crippen LogP contribution in [0.3, 0.4) is 0 Å². The number of benzene rings is 1. The Hall–Kier alpha value is -2.37. The Morgan fingerprint density at radius 2 is 2.06 bits per heavy atom. The van der Waals surface area contributed by atoms with E-state index in [0.29, 0.717) is 6.54 Å². The number of rotatable bonds is 4. The molecular weight excluding hydrogens is 220 g/mol. The van der Waals surface area contributed by atoms with Crippen molar-refractivity contribution in [2.24, 2.45) is 0 Å². The van der Waals surface area contributed by atoms with E-state index in [9.17, 15) is 10.1 Å². The van der Waals surface area contributed by atoms with E-state index in [1.54, 1.807) is 0 Å². The number of hydrogen-bond donors (Lipinski definition) is 1. The summed E-state index contributed by atoms with van der Waals surface area (Å²) in [7, 11) is 0. The summed E-state index contributed by atoms with van der Waals surface area (Å²) >= 11 is 0. The summed E-state index contributed by atoms with van der Waals surface area (Å²) in [4.78, 5) is 10.1. The van der Waals surface area contributed by atoms with Crippen molar-refractivity contribution in [3.63, 3.8) is 0 Å². The number of nitro groups is 1. The van der Waals surface area contributed by atoms with Gasteiger partial charge >= 0.3 is 5.69 Å². The van der Waals surface area contributed by atoms with Crippen LogP contribution >= 0.6 is 0 Å². The van der Waals surface area contributed by atoms with E-state index in [4.69, 9.17) is 5.73 Å². The molecule has 6 heteroatoms. The molecule has 17 heavy (non-hydrogen) atoms. The summed E-state index contributed by atoms with van der Waals surface area (Å²) < 4.78 is 1.45. The summed E-state index contributed by atoms with van der Waals surface area (Å²) in [6, 6.07) is 9.83. The molecule has 1 aromatic carbocycles. The van der Waals surface area contributed by atoms with Gasteiger partial charge in [-0.1, -0.05) is 30.3 Å². The molecule has 2 aromatic rings. The minimum Gasteiger partial charge on any atom is -0.378 e. The number of aryl methyl sites for hydroxylation is 2. The molecule has 0 aliphatic heterocycles. The van der Waals surface area contributed by atoms with Gasteiger partial charge in [-0.2, -0.15) is 5.10 Å². The molecule has 0 saturated heterocycles. The fourth-order valence-corrected chi connectivity index (χ4v) is 1.58. The Bertz CT molecular complexity index is 522. The maximum absolute atomic E-state index is 10.6. The predicted molar refractivity (Wildman–Crippen MR) is 63.4 cm³/mol. The van der Waals surface area contributed by atoms with Crippen LogP contribution in [0, 0.1) is 10.1 Å². The highest BCUT2D eigenvalue weighted by Gasteiger charge is 2.16. The van der Waals surface area contributed by atoms with Crippen molar-refractivity contribution >= 4 is 11.5 Å². The summed E-state index contributed by atoms with van der Waals surface area (Å²) in [5, 5.41) is 14.5. The molecule has 0 aliphatic rings. The van der Waals surface area contributed by atoms with Crippen molar-refractivity contribution in [1.29, 1.82) is 0 Å². The lowest BCUT2D eigenvalue weighted by Gasteiger charge is -2.03. The average Bonchev–Trinajstić information content (AvgIpc) is 2.69. The van der Waals surface area contributed by atoms with Gasteiger partial charge in [-0.3, -0.25) is 10.1 Å². The van der Waals surface area contributed by atoms with Gasteiger partial charge in [0.2, 0.25) is 5.82 Å². The lowest BCUT2D eigenvalue weighted by Crippen LogP contribution is -2.07. The first-order valence-electron chi connectivity index (χ1n) is 5.18. The van der Waals surface area contributed by atoms with Crippen LogP contribution in [0.1, 0.15) is 5.56 Å². The minimum absolute atomic E-state index is 0.103. The number of nitrogen functional groups attached to an aromatic ring is 1. The third-order valence-electron chi connectivity index (χ3n) is 2.51. The molecule has 0 bridgehead atoms. The van der Waals surface area contributed by atoms with E-state index >= 15 is 0 Å². The highest BCUT2D eigenvalue weighted by molar-refractivity contribution is 5.51. The smallest absolute Gasteiger partial charge is 0.330 e. The zero-order valence-electron chi connectivity index (χ0n) is 9.11. The zero-order chi connectivity index (χ0) is 12.3. The Labute approximate surface area is 97.8 Å². The van der Waals surface area contributed by atoms with Gasteiger partial charge < -0.3 is 5.73 Å². The quantitative estimate of drug-likeness (QED) is 0.640. The average molecular weight is 232 g/mol. The standard InChI is InChI=1S/C11H12N4O2/c12-11-10(15(16)17)8-13-14(11)7-6-9-4-2-1-3-5-9/h1-5,8H,6-7,12H2. The molecule has 0 fully saturated rings. The molecule has 0 unspecified atom stereocenters. The lowest BCUT2D eigenvalue weighted by molar-refractivity contribution is -0.384. The van der Waals surface area contributed by atoms with E-state index in [2.05, 4.69) is 5.10 Å². The molecule has 88 valence electrons. The minimum atomic E-state index is -0.526. The molecule has 1 aromatic heterocycles. The molecule has 1 heterocycles. The van der Waals surface area contributed by atoms with Gasteiger partial charge in [0.05, 0.1) is 4.92 Å². The van der Waals surface area contributed by atoms with Crippen LogP contribution in [0.2, 0.25) is 0 Å². The first kappa shape index (κ1) is 11.1. The largest absolute Gasteiger partial charge is 0.378 e. The Balaban J connectivity index is 2.07. The third kappa shape index (κ3) is 2.41. The molecule has 0 amide bonds. The first-order chi connectivity index (χ1) is 8.18. The van der Waals surface area contributed by atoms with Crippen molar-refractivity contribution in [3.05, 3.63) is 52.2 Å². The first-order valence-corrected chi connectivity index (χ1v) is 5.18. The van der Waals surface area contributed by atoms with Crippen LogP contribution < -0.4 is 5.73 Å². The molecule has 0 aliphatic carbocycles. The van der Waals surface area contributed by atoms with Crippen LogP contribution in [0.5, 0.6) is 0 Å². The topological polar surface area (TPSA) is 87.0 Å². The second kappa shape index (κ2) is 4.65. The third-order valence-corrected chi connectivity index (χ3v) is 2.51. The van der Waals surface area contributed by atoms with Gasteiger partial charge in [0.25, 0.3) is 0 Å². The van der Waals surface area contributed by atoms with Crippen molar-refractivity contribution in [1.82, 2.24) is 9.78 Å². The number of hydrogen-bond acceptors (Lipinski definition) is 4. The van der Waals surface area contributed by atoms with Crippen LogP contribution in [-0.4, -0.2) is 14.7 Å². The summed E-state index contributed by atoms with van der Waals surface area (Å²) in [6.07, 6.45) is 1.92. The van der Waals surface area contributed by atoms with E-state index in [-0.39, 0.29) is 11.5 Å². The maximum Gasteiger partial charge on any atom is 0.330 e. The fourth-order valence-electron chi connectivity index (χ4n) is 1.58. The van der Waals surface area contributed by atoms with Crippen LogP contribution in [0.25, 0.3) is 0 Å². The summed E-state index contributed by atoms with van der Waals surface area (Å²) in [6.45, 7) is 0.531. The number of nitrogens with zero attached hydrogens (tertiary/aromatic N) is 3. The second-order valence-corrected chi connectivity index (χ2v) is 3.63. The molecule has 0 saturated carbocycles. The maximum atomic E-state index is 10.6. The Morgan fingerprint density at radius 1 is 1.35 bits per heavy atom. The van der Waals surface area contributed by atoms with Gasteiger partial charge in [-0.25, -0.2) is 4.68 Å². The zero-order valence-corrected chi connectivity index (χ0v) is 9.11. The normalized spacial score (nSPS) is 10.4. The molecular formula is C11H12N4O2. The molecule has 0 spiro atoms. The Kier molecular flexibility index (Phi) is 3.04. The van der Waals surface area contributed by atoms with Gasteiger partial charge in [0, 0.05) is 6.54 Å². The van der Waals surface area contributed by atoms with Gasteiger partial charge in [-0.05, 0) is 12.0 Å². The highest BCUT2D eigenvalue weighted by Crippen LogP contribution is 2.19. The predicted octanol–water partition coefficient (Wildman–Crippen LogP) is 1.62. The van der Waals surface area contributed by atoms with Gasteiger partial charge in [0.1, 0.15) is 6.20 Å². The monoisotopic (exact) mass is 232 g/mol. The van der Waals surface area contributed by atoms with Gasteiger partial charge in [-0.15, -0.1) is 0 Å². The number of anilines is 1. The number of aromatic nitrogens is 2. The van der Waals surface area contributed by atoms with Crippen molar-refractivity contribution in [3.8, 4) is 0 Å². The molecule has 0 atom stereocenters. The molecule has 2 N–H and O–H groups in total. The van der Waals surface area contributed by atoms with Crippen molar-refractivity contribution in [2.75, 3.05) is 5.73 Å². The van der Waals surface area contributed by atoms with Crippen LogP contribution in [0.4, 0.5) is 11.5 Å². The molecule has 2 rings (SSSR count). The molecule has 6 nitrogen and oxygen atoms in total. The van der Waals surface area contributed by atoms with E-state index in [1.165, 1.54) is 10.9 Å². The summed E-state index contributed by atoms with van der Waals surface area (Å²) in [5.41, 5.74) is 6.63. The highest BCUT2D eigenvalue weighted by atomic mass is 16.6.